The molecule has 0 saturated carbocycles. The van der Waals surface area contributed by atoms with Crippen molar-refractivity contribution in [2.75, 3.05) is 4.90 Å². The van der Waals surface area contributed by atoms with Gasteiger partial charge in [-0.3, -0.25) is 0 Å². The van der Waals surface area contributed by atoms with Crippen molar-refractivity contribution < 1.29 is 0 Å². The third-order valence-corrected chi connectivity index (χ3v) is 11.5. The second-order valence-electron chi connectivity index (χ2n) is 14.9. The monoisotopic (exact) mass is 689 g/mol. The Kier molecular flexibility index (Phi) is 7.56. The fraction of sp³-hybridized carbons (Fsp3) is 0.0566. The summed E-state index contributed by atoms with van der Waals surface area (Å²) in [6, 6.07) is 73.4. The standard InChI is InChI=1S/C53H39N/c1-53(2)49-24-8-7-21-48(49)52-50(53)25-12-26-51(52)54(42-33-31-40(32-34-42)47-23-11-16-38-14-4-6-20-45(38)47)43-18-9-17-41(35-43)36-27-29-39(30-28-36)46-22-10-15-37-13-3-5-19-44(37)46/h3-35H,1-2H3. The molecule has 54 heavy (non-hydrogen) atoms. The zero-order valence-electron chi connectivity index (χ0n) is 30.5. The summed E-state index contributed by atoms with van der Waals surface area (Å²) in [5, 5.41) is 5.06. The van der Waals surface area contributed by atoms with Crippen LogP contribution in [0.4, 0.5) is 17.1 Å². The van der Waals surface area contributed by atoms with Gasteiger partial charge in [-0.2, -0.15) is 0 Å². The molecule has 10 rings (SSSR count). The second kappa shape index (κ2) is 12.8. The highest BCUT2D eigenvalue weighted by atomic mass is 15.1. The summed E-state index contributed by atoms with van der Waals surface area (Å²) in [6.45, 7) is 4.71. The lowest BCUT2D eigenvalue weighted by molar-refractivity contribution is 0.660. The first kappa shape index (κ1) is 32.0. The molecule has 0 saturated heterocycles. The van der Waals surface area contributed by atoms with Crippen molar-refractivity contribution in [2.45, 2.75) is 19.3 Å². The predicted molar refractivity (Wildman–Crippen MR) is 230 cm³/mol. The molecule has 0 unspecified atom stereocenters. The van der Waals surface area contributed by atoms with Crippen molar-refractivity contribution in [3.63, 3.8) is 0 Å². The van der Waals surface area contributed by atoms with Crippen LogP contribution in [-0.4, -0.2) is 0 Å². The van der Waals surface area contributed by atoms with Crippen molar-refractivity contribution in [1.82, 2.24) is 0 Å². The van der Waals surface area contributed by atoms with Crippen molar-refractivity contribution in [3.8, 4) is 44.5 Å². The Hall–Kier alpha value is -6.70. The van der Waals surface area contributed by atoms with Crippen LogP contribution in [0.25, 0.3) is 66.1 Å². The number of hydrogen-bond donors (Lipinski definition) is 0. The number of rotatable bonds is 6. The Morgan fingerprint density at radius 3 is 1.54 bits per heavy atom. The molecular weight excluding hydrogens is 651 g/mol. The van der Waals surface area contributed by atoms with Gasteiger partial charge in [-0.15, -0.1) is 0 Å². The fourth-order valence-corrected chi connectivity index (χ4v) is 8.76. The zero-order chi connectivity index (χ0) is 36.2. The van der Waals surface area contributed by atoms with E-state index in [0.29, 0.717) is 0 Å². The highest BCUT2D eigenvalue weighted by molar-refractivity contribution is 5.99. The van der Waals surface area contributed by atoms with Crippen molar-refractivity contribution in [1.29, 1.82) is 0 Å². The maximum absolute atomic E-state index is 2.46. The van der Waals surface area contributed by atoms with Crippen molar-refractivity contribution in [3.05, 3.63) is 211 Å². The van der Waals surface area contributed by atoms with E-state index in [9.17, 15) is 0 Å². The highest BCUT2D eigenvalue weighted by Crippen LogP contribution is 2.54. The molecule has 1 aliphatic rings. The second-order valence-corrected chi connectivity index (χ2v) is 14.9. The van der Waals surface area contributed by atoms with E-state index in [4.69, 9.17) is 0 Å². The molecule has 0 aromatic heterocycles. The summed E-state index contributed by atoms with van der Waals surface area (Å²) >= 11 is 0. The summed E-state index contributed by atoms with van der Waals surface area (Å²) < 4.78 is 0. The molecule has 0 N–H and O–H groups in total. The van der Waals surface area contributed by atoms with E-state index in [2.05, 4.69) is 219 Å². The molecule has 1 heteroatoms. The number of benzene rings is 9. The average molecular weight is 690 g/mol. The zero-order valence-corrected chi connectivity index (χ0v) is 30.5. The average Bonchev–Trinajstić information content (AvgIpc) is 3.47. The number of nitrogens with zero attached hydrogens (tertiary/aromatic N) is 1. The van der Waals surface area contributed by atoms with Gasteiger partial charge < -0.3 is 4.90 Å². The molecule has 0 atom stereocenters. The normalized spacial score (nSPS) is 12.8. The Balaban J connectivity index is 1.10. The minimum atomic E-state index is -0.0977. The smallest absolute Gasteiger partial charge is 0.0543 e. The van der Waals surface area contributed by atoms with Crippen LogP contribution >= 0.6 is 0 Å². The number of fused-ring (bicyclic) bond motifs is 5. The number of hydrogen-bond acceptors (Lipinski definition) is 1. The van der Waals surface area contributed by atoms with Gasteiger partial charge in [0.1, 0.15) is 0 Å². The van der Waals surface area contributed by atoms with Crippen LogP contribution < -0.4 is 4.90 Å². The third kappa shape index (κ3) is 5.24. The molecule has 1 nitrogen and oxygen atoms in total. The van der Waals surface area contributed by atoms with Gasteiger partial charge in [0.2, 0.25) is 0 Å². The van der Waals surface area contributed by atoms with Crippen LogP contribution in [0.3, 0.4) is 0 Å². The van der Waals surface area contributed by atoms with Crippen LogP contribution in [-0.2, 0) is 5.41 Å². The molecule has 0 heterocycles. The summed E-state index contributed by atoms with van der Waals surface area (Å²) in [6.07, 6.45) is 0. The van der Waals surface area contributed by atoms with Crippen LogP contribution in [0, 0.1) is 0 Å². The van der Waals surface area contributed by atoms with E-state index in [0.717, 1.165) is 11.4 Å². The Morgan fingerprint density at radius 2 is 0.852 bits per heavy atom. The van der Waals surface area contributed by atoms with E-state index >= 15 is 0 Å². The van der Waals surface area contributed by atoms with E-state index in [1.165, 1.54) is 82.9 Å². The van der Waals surface area contributed by atoms with Gasteiger partial charge in [0.15, 0.2) is 0 Å². The lowest BCUT2D eigenvalue weighted by Gasteiger charge is -2.29. The Bertz CT molecular complexity index is 2830. The molecule has 0 spiro atoms. The van der Waals surface area contributed by atoms with E-state index < -0.39 is 0 Å². The largest absolute Gasteiger partial charge is 0.310 e. The lowest BCUT2D eigenvalue weighted by Crippen LogP contribution is -2.16. The van der Waals surface area contributed by atoms with Gasteiger partial charge in [-0.1, -0.05) is 184 Å². The fourth-order valence-electron chi connectivity index (χ4n) is 8.76. The van der Waals surface area contributed by atoms with Crippen LogP contribution in [0.2, 0.25) is 0 Å². The Morgan fingerprint density at radius 1 is 0.352 bits per heavy atom. The lowest BCUT2D eigenvalue weighted by atomic mass is 9.82. The van der Waals surface area contributed by atoms with Gasteiger partial charge in [-0.05, 0) is 102 Å². The van der Waals surface area contributed by atoms with Gasteiger partial charge >= 0.3 is 0 Å². The van der Waals surface area contributed by atoms with E-state index in [-0.39, 0.29) is 5.41 Å². The molecule has 0 radical (unpaired) electrons. The molecule has 0 aliphatic heterocycles. The SMILES string of the molecule is CC1(C)c2ccccc2-c2c(N(c3ccc(-c4cccc5ccccc45)cc3)c3cccc(-c4ccc(-c5cccc6ccccc56)cc4)c3)cccc21. The van der Waals surface area contributed by atoms with Crippen molar-refractivity contribution >= 4 is 38.6 Å². The maximum Gasteiger partial charge on any atom is 0.0543 e. The molecule has 0 amide bonds. The number of anilines is 3. The first-order chi connectivity index (χ1) is 26.5. The third-order valence-electron chi connectivity index (χ3n) is 11.5. The first-order valence-electron chi connectivity index (χ1n) is 18.8. The minimum Gasteiger partial charge on any atom is -0.310 e. The highest BCUT2D eigenvalue weighted by Gasteiger charge is 2.37. The molecule has 0 fully saturated rings. The molecular formula is C53H39N. The predicted octanol–water partition coefficient (Wildman–Crippen LogP) is 14.8. The van der Waals surface area contributed by atoms with Gasteiger partial charge in [-0.25, -0.2) is 0 Å². The molecule has 9 aromatic rings. The molecule has 256 valence electrons. The first-order valence-corrected chi connectivity index (χ1v) is 18.8. The quantitative estimate of drug-likeness (QED) is 0.168. The van der Waals surface area contributed by atoms with Crippen LogP contribution in [0.5, 0.6) is 0 Å². The molecule has 0 bridgehead atoms. The summed E-state index contributed by atoms with van der Waals surface area (Å²) in [5.41, 5.74) is 16.0. The topological polar surface area (TPSA) is 3.24 Å². The van der Waals surface area contributed by atoms with Gasteiger partial charge in [0.25, 0.3) is 0 Å². The summed E-state index contributed by atoms with van der Waals surface area (Å²) in [4.78, 5) is 2.46. The maximum atomic E-state index is 2.46. The van der Waals surface area contributed by atoms with Gasteiger partial charge in [0.05, 0.1) is 5.69 Å². The minimum absolute atomic E-state index is 0.0977. The van der Waals surface area contributed by atoms with E-state index in [1.54, 1.807) is 0 Å². The molecule has 9 aromatic carbocycles. The summed E-state index contributed by atoms with van der Waals surface area (Å²) in [7, 11) is 0. The van der Waals surface area contributed by atoms with Crippen molar-refractivity contribution in [2.24, 2.45) is 0 Å². The Labute approximate surface area is 317 Å². The van der Waals surface area contributed by atoms with Crippen LogP contribution in [0.15, 0.2) is 200 Å². The summed E-state index contributed by atoms with van der Waals surface area (Å²) in [5.74, 6) is 0. The van der Waals surface area contributed by atoms with Crippen LogP contribution in [0.1, 0.15) is 25.0 Å². The van der Waals surface area contributed by atoms with Gasteiger partial charge in [0, 0.05) is 22.4 Å². The molecule has 1 aliphatic carbocycles. The van der Waals surface area contributed by atoms with E-state index in [1.807, 2.05) is 0 Å².